The van der Waals surface area contributed by atoms with E-state index in [4.69, 9.17) is 5.10 Å². The fourth-order valence-corrected chi connectivity index (χ4v) is 3.51. The van der Waals surface area contributed by atoms with E-state index >= 15 is 0 Å². The quantitative estimate of drug-likeness (QED) is 0.667. The molecule has 92 valence electrons. The summed E-state index contributed by atoms with van der Waals surface area (Å²) in [5.74, 6) is 1.36. The second-order valence-corrected chi connectivity index (χ2v) is 5.88. The van der Waals surface area contributed by atoms with Crippen LogP contribution in [-0.4, -0.2) is 48.8 Å². The molecule has 2 aliphatic rings. The van der Waals surface area contributed by atoms with Crippen molar-refractivity contribution in [2.75, 3.05) is 21.1 Å². The number of hydrogen-bond acceptors (Lipinski definition) is 3. The van der Waals surface area contributed by atoms with E-state index < -0.39 is 0 Å². The van der Waals surface area contributed by atoms with Crippen molar-refractivity contribution in [2.45, 2.75) is 45.2 Å². The first-order chi connectivity index (χ1) is 7.50. The molecule has 2 bridgehead atoms. The van der Waals surface area contributed by atoms with Crippen LogP contribution in [0.2, 0.25) is 0 Å². The third kappa shape index (κ3) is 1.97. The van der Waals surface area contributed by atoms with Crippen LogP contribution in [0, 0.1) is 11.8 Å². The second kappa shape index (κ2) is 4.36. The summed E-state index contributed by atoms with van der Waals surface area (Å²) in [5.41, 5.74) is 1.44. The average Bonchev–Trinajstić information content (AvgIpc) is 2.44. The predicted molar refractivity (Wildman–Crippen MR) is 68.6 cm³/mol. The molecule has 0 saturated carbocycles. The van der Waals surface area contributed by atoms with Gasteiger partial charge in [0.15, 0.2) is 0 Å². The van der Waals surface area contributed by atoms with Crippen LogP contribution in [-0.2, 0) is 0 Å². The first kappa shape index (κ1) is 11.9. The van der Waals surface area contributed by atoms with Crippen LogP contribution in [0.25, 0.3) is 0 Å². The minimum absolute atomic E-state index is 0.658. The number of hydrazone groups is 1. The van der Waals surface area contributed by atoms with Crippen molar-refractivity contribution >= 4 is 5.71 Å². The van der Waals surface area contributed by atoms with Gasteiger partial charge in [0.25, 0.3) is 0 Å². The molecule has 2 rings (SSSR count). The van der Waals surface area contributed by atoms with Crippen LogP contribution in [0.3, 0.4) is 0 Å². The fourth-order valence-electron chi connectivity index (χ4n) is 3.51. The van der Waals surface area contributed by atoms with Crippen molar-refractivity contribution in [3.05, 3.63) is 0 Å². The lowest BCUT2D eigenvalue weighted by Crippen LogP contribution is -2.49. The Bertz CT molecular complexity index is 283. The minimum atomic E-state index is 0.658. The maximum absolute atomic E-state index is 4.74. The van der Waals surface area contributed by atoms with Crippen LogP contribution in [0.4, 0.5) is 0 Å². The van der Waals surface area contributed by atoms with Crippen molar-refractivity contribution in [3.63, 3.8) is 0 Å². The van der Waals surface area contributed by atoms with Crippen LogP contribution in [0.5, 0.6) is 0 Å². The molecule has 0 aliphatic carbocycles. The molecule has 0 radical (unpaired) electrons. The summed E-state index contributed by atoms with van der Waals surface area (Å²) in [6.07, 6.45) is 3.89. The first-order valence-corrected chi connectivity index (χ1v) is 6.47. The number of rotatable bonds is 2. The van der Waals surface area contributed by atoms with E-state index in [1.165, 1.54) is 25.0 Å². The van der Waals surface area contributed by atoms with Gasteiger partial charge in [0.1, 0.15) is 0 Å². The molecular weight excluding hydrogens is 198 g/mol. The highest BCUT2D eigenvalue weighted by molar-refractivity contribution is 5.89. The largest absolute Gasteiger partial charge is 0.303 e. The van der Waals surface area contributed by atoms with Crippen LogP contribution in [0.15, 0.2) is 5.10 Å². The van der Waals surface area contributed by atoms with Gasteiger partial charge in [-0.3, -0.25) is 4.90 Å². The average molecular weight is 223 g/mol. The zero-order valence-corrected chi connectivity index (χ0v) is 11.3. The lowest BCUT2D eigenvalue weighted by atomic mass is 9.80. The Morgan fingerprint density at radius 3 is 2.56 bits per heavy atom. The first-order valence-electron chi connectivity index (χ1n) is 6.47. The Labute approximate surface area is 99.5 Å². The van der Waals surface area contributed by atoms with Crippen molar-refractivity contribution in [1.29, 1.82) is 0 Å². The van der Waals surface area contributed by atoms with Crippen molar-refractivity contribution in [3.8, 4) is 0 Å². The minimum Gasteiger partial charge on any atom is -0.303 e. The van der Waals surface area contributed by atoms with Crippen molar-refractivity contribution in [1.82, 2.24) is 9.91 Å². The van der Waals surface area contributed by atoms with Gasteiger partial charge in [0.2, 0.25) is 0 Å². The van der Waals surface area contributed by atoms with Gasteiger partial charge in [-0.25, -0.2) is 0 Å². The molecule has 0 aromatic heterocycles. The lowest BCUT2D eigenvalue weighted by Gasteiger charge is -2.40. The zero-order valence-electron chi connectivity index (χ0n) is 11.3. The summed E-state index contributed by atoms with van der Waals surface area (Å²) < 4.78 is 0. The third-order valence-corrected chi connectivity index (χ3v) is 4.19. The van der Waals surface area contributed by atoms with Gasteiger partial charge >= 0.3 is 0 Å². The van der Waals surface area contributed by atoms with Gasteiger partial charge in [-0.1, -0.05) is 13.8 Å². The van der Waals surface area contributed by atoms with E-state index in [1.54, 1.807) is 0 Å². The van der Waals surface area contributed by atoms with Gasteiger partial charge in [-0.05, 0) is 25.8 Å². The number of piperidine rings is 1. The number of nitrogens with zero attached hydrogens (tertiary/aromatic N) is 3. The molecule has 0 N–H and O–H groups in total. The predicted octanol–water partition coefficient (Wildman–Crippen LogP) is 2.04. The molecule has 16 heavy (non-hydrogen) atoms. The third-order valence-electron chi connectivity index (χ3n) is 4.19. The Hall–Kier alpha value is -0.570. The SMILES string of the molecule is CC(C)C1/C(=N/N(C)C)C[C@H]2CC[C@@H]1N2C. The highest BCUT2D eigenvalue weighted by Gasteiger charge is 2.44. The Morgan fingerprint density at radius 1 is 1.31 bits per heavy atom. The second-order valence-electron chi connectivity index (χ2n) is 5.88. The standard InChI is InChI=1S/C13H25N3/c1-9(2)13-11(14-15(3)4)8-10-6-7-12(13)16(10)5/h9-10,12-13H,6-8H2,1-5H3/b14-11+/t10-,12+,13?/m1/s1. The van der Waals surface area contributed by atoms with E-state index in [0.29, 0.717) is 11.8 Å². The van der Waals surface area contributed by atoms with Gasteiger partial charge in [0.05, 0.1) is 0 Å². The normalized spacial score (nSPS) is 37.4. The van der Waals surface area contributed by atoms with E-state index in [2.05, 4.69) is 25.8 Å². The molecule has 3 nitrogen and oxygen atoms in total. The van der Waals surface area contributed by atoms with Crippen molar-refractivity contribution in [2.24, 2.45) is 16.9 Å². The molecule has 0 aromatic rings. The molecule has 0 spiro atoms. The number of hydrogen-bond donors (Lipinski definition) is 0. The maximum atomic E-state index is 4.74. The summed E-state index contributed by atoms with van der Waals surface area (Å²) in [4.78, 5) is 2.60. The topological polar surface area (TPSA) is 18.8 Å². The summed E-state index contributed by atoms with van der Waals surface area (Å²) in [5, 5.41) is 6.71. The van der Waals surface area contributed by atoms with E-state index in [-0.39, 0.29) is 0 Å². The molecular formula is C13H25N3. The Morgan fingerprint density at radius 2 is 2.00 bits per heavy atom. The van der Waals surface area contributed by atoms with Crippen LogP contribution in [0.1, 0.15) is 33.1 Å². The fraction of sp³-hybridized carbons (Fsp3) is 0.923. The molecule has 1 unspecified atom stereocenters. The number of fused-ring (bicyclic) bond motifs is 2. The summed E-state index contributed by atoms with van der Waals surface area (Å²) >= 11 is 0. The summed E-state index contributed by atoms with van der Waals surface area (Å²) in [6, 6.07) is 1.48. The van der Waals surface area contributed by atoms with Crippen molar-refractivity contribution < 1.29 is 0 Å². The van der Waals surface area contributed by atoms with E-state index in [0.717, 1.165) is 12.1 Å². The molecule has 2 aliphatic heterocycles. The smallest absolute Gasteiger partial charge is 0.0445 e. The molecule has 3 atom stereocenters. The lowest BCUT2D eigenvalue weighted by molar-refractivity contribution is 0.164. The Balaban J connectivity index is 2.26. The van der Waals surface area contributed by atoms with E-state index in [1.807, 2.05) is 19.1 Å². The van der Waals surface area contributed by atoms with Crippen LogP contribution >= 0.6 is 0 Å². The van der Waals surface area contributed by atoms with Crippen LogP contribution < -0.4 is 0 Å². The Kier molecular flexibility index (Phi) is 3.24. The summed E-state index contributed by atoms with van der Waals surface area (Å²) in [6.45, 7) is 4.67. The molecule has 0 aromatic carbocycles. The molecule has 3 heteroatoms. The molecule has 2 saturated heterocycles. The molecule has 2 heterocycles. The van der Waals surface area contributed by atoms with Gasteiger partial charge in [-0.2, -0.15) is 5.10 Å². The highest BCUT2D eigenvalue weighted by atomic mass is 15.4. The van der Waals surface area contributed by atoms with Gasteiger partial charge < -0.3 is 5.01 Å². The summed E-state index contributed by atoms with van der Waals surface area (Å²) in [7, 11) is 6.36. The molecule has 2 fully saturated rings. The monoisotopic (exact) mass is 223 g/mol. The zero-order chi connectivity index (χ0) is 11.9. The maximum Gasteiger partial charge on any atom is 0.0445 e. The highest BCUT2D eigenvalue weighted by Crippen LogP contribution is 2.39. The van der Waals surface area contributed by atoms with Gasteiger partial charge in [-0.15, -0.1) is 0 Å². The van der Waals surface area contributed by atoms with E-state index in [9.17, 15) is 0 Å². The molecule has 0 amide bonds. The van der Waals surface area contributed by atoms with Gasteiger partial charge in [0, 0.05) is 44.2 Å².